The summed E-state index contributed by atoms with van der Waals surface area (Å²) < 4.78 is 0. The molecule has 0 unspecified atom stereocenters. The van der Waals surface area contributed by atoms with Crippen LogP contribution < -0.4 is 4.90 Å². The number of carbonyl (C=O) groups excluding carboxylic acids is 1. The Morgan fingerprint density at radius 2 is 1.53 bits per heavy atom. The number of aromatic nitrogens is 1. The summed E-state index contributed by atoms with van der Waals surface area (Å²) in [6.45, 7) is 8.70. The van der Waals surface area contributed by atoms with Gasteiger partial charge in [-0.2, -0.15) is 0 Å². The van der Waals surface area contributed by atoms with E-state index in [4.69, 9.17) is 0 Å². The second-order valence-corrected chi connectivity index (χ2v) is 7.95. The molecule has 0 spiro atoms. The molecule has 4 rings (SSSR count). The average Bonchev–Trinajstić information content (AvgIpc) is 2.81. The lowest BCUT2D eigenvalue weighted by Crippen LogP contribution is -2.54. The van der Waals surface area contributed by atoms with Crippen molar-refractivity contribution in [3.8, 4) is 0 Å². The molecule has 158 valence electrons. The lowest BCUT2D eigenvalue weighted by atomic mass is 10.2. The average molecular weight is 406 g/mol. The first-order valence-corrected chi connectivity index (χ1v) is 10.9. The molecule has 6 nitrogen and oxygen atoms in total. The number of piperazine rings is 2. The zero-order valence-corrected chi connectivity index (χ0v) is 17.6. The van der Waals surface area contributed by atoms with Crippen molar-refractivity contribution >= 4 is 17.8 Å². The van der Waals surface area contributed by atoms with Gasteiger partial charge in [0.1, 0.15) is 5.82 Å². The SMILES string of the molecule is O=C(CN1CCN(C/C=C/c2ccccc2)CC1)N1CCN(c2ccccn2)CC1. The summed E-state index contributed by atoms with van der Waals surface area (Å²) in [5.41, 5.74) is 1.24. The molecular weight excluding hydrogens is 374 g/mol. The summed E-state index contributed by atoms with van der Waals surface area (Å²) in [6, 6.07) is 16.4. The summed E-state index contributed by atoms with van der Waals surface area (Å²) in [4.78, 5) is 26.2. The van der Waals surface area contributed by atoms with Crippen LogP contribution in [-0.4, -0.2) is 91.0 Å². The van der Waals surface area contributed by atoms with Crippen LogP contribution in [0.2, 0.25) is 0 Å². The Hall–Kier alpha value is -2.70. The number of hydrogen-bond acceptors (Lipinski definition) is 5. The molecule has 0 bridgehead atoms. The second kappa shape index (κ2) is 10.4. The topological polar surface area (TPSA) is 42.9 Å². The van der Waals surface area contributed by atoms with Crippen LogP contribution in [0.15, 0.2) is 60.8 Å². The molecule has 30 heavy (non-hydrogen) atoms. The molecule has 0 radical (unpaired) electrons. The fourth-order valence-corrected chi connectivity index (χ4v) is 4.05. The highest BCUT2D eigenvalue weighted by atomic mass is 16.2. The first-order chi connectivity index (χ1) is 14.8. The van der Waals surface area contributed by atoms with Crippen molar-refractivity contribution in [3.05, 3.63) is 66.4 Å². The quantitative estimate of drug-likeness (QED) is 0.736. The Morgan fingerprint density at radius 3 is 2.23 bits per heavy atom. The lowest BCUT2D eigenvalue weighted by Gasteiger charge is -2.38. The Balaban J connectivity index is 1.16. The molecule has 2 fully saturated rings. The predicted molar refractivity (Wildman–Crippen MR) is 121 cm³/mol. The van der Waals surface area contributed by atoms with Crippen molar-refractivity contribution in [3.63, 3.8) is 0 Å². The number of rotatable bonds is 6. The maximum Gasteiger partial charge on any atom is 0.236 e. The minimum absolute atomic E-state index is 0.257. The molecule has 0 aliphatic carbocycles. The second-order valence-electron chi connectivity index (χ2n) is 7.95. The molecule has 2 saturated heterocycles. The van der Waals surface area contributed by atoms with Gasteiger partial charge >= 0.3 is 0 Å². The van der Waals surface area contributed by atoms with Gasteiger partial charge in [0, 0.05) is 65.1 Å². The lowest BCUT2D eigenvalue weighted by molar-refractivity contribution is -0.133. The molecular formula is C24H31N5O. The molecule has 1 amide bonds. The van der Waals surface area contributed by atoms with Crippen molar-refractivity contribution in [2.45, 2.75) is 0 Å². The van der Waals surface area contributed by atoms with E-state index in [-0.39, 0.29) is 5.91 Å². The fourth-order valence-electron chi connectivity index (χ4n) is 4.05. The Kier molecular flexibility index (Phi) is 7.11. The molecule has 0 atom stereocenters. The van der Waals surface area contributed by atoms with E-state index in [1.54, 1.807) is 0 Å². The number of benzene rings is 1. The van der Waals surface area contributed by atoms with E-state index in [0.29, 0.717) is 6.54 Å². The van der Waals surface area contributed by atoms with Crippen molar-refractivity contribution in [1.82, 2.24) is 19.7 Å². The standard InChI is InChI=1S/C24H31N5O/c30-24(29-19-17-28(18-20-29)23-10-4-5-11-25-23)21-27-15-13-26(14-16-27)12-6-9-22-7-2-1-3-8-22/h1-11H,12-21H2/b9-6+. The Morgan fingerprint density at radius 1 is 0.833 bits per heavy atom. The molecule has 2 aromatic rings. The van der Waals surface area contributed by atoms with Gasteiger partial charge < -0.3 is 9.80 Å². The number of pyridine rings is 1. The highest BCUT2D eigenvalue weighted by Crippen LogP contribution is 2.13. The molecule has 6 heteroatoms. The van der Waals surface area contributed by atoms with E-state index in [1.807, 2.05) is 35.4 Å². The molecule has 2 aliphatic rings. The smallest absolute Gasteiger partial charge is 0.236 e. The van der Waals surface area contributed by atoms with Crippen molar-refractivity contribution in [1.29, 1.82) is 0 Å². The summed E-state index contributed by atoms with van der Waals surface area (Å²) in [6.07, 6.45) is 6.24. The summed E-state index contributed by atoms with van der Waals surface area (Å²) in [7, 11) is 0. The van der Waals surface area contributed by atoms with Gasteiger partial charge in [-0.05, 0) is 17.7 Å². The largest absolute Gasteiger partial charge is 0.353 e. The van der Waals surface area contributed by atoms with Crippen LogP contribution in [0.25, 0.3) is 6.08 Å². The first-order valence-electron chi connectivity index (χ1n) is 10.9. The number of hydrogen-bond donors (Lipinski definition) is 0. The maximum absolute atomic E-state index is 12.7. The van der Waals surface area contributed by atoms with Crippen molar-refractivity contribution in [2.24, 2.45) is 0 Å². The van der Waals surface area contributed by atoms with Crippen LogP contribution in [0.4, 0.5) is 5.82 Å². The minimum atomic E-state index is 0.257. The number of anilines is 1. The van der Waals surface area contributed by atoms with Crippen molar-refractivity contribution in [2.75, 3.05) is 70.3 Å². The summed E-state index contributed by atoms with van der Waals surface area (Å²) >= 11 is 0. The molecule has 2 aliphatic heterocycles. The van der Waals surface area contributed by atoms with Gasteiger partial charge in [-0.3, -0.25) is 14.6 Å². The van der Waals surface area contributed by atoms with Gasteiger partial charge in [0.25, 0.3) is 0 Å². The van der Waals surface area contributed by atoms with Crippen LogP contribution in [0.5, 0.6) is 0 Å². The van der Waals surface area contributed by atoms with Gasteiger partial charge in [-0.15, -0.1) is 0 Å². The third kappa shape index (κ3) is 5.68. The van der Waals surface area contributed by atoms with Gasteiger partial charge in [-0.25, -0.2) is 4.98 Å². The maximum atomic E-state index is 12.7. The predicted octanol–water partition coefficient (Wildman–Crippen LogP) is 2.06. The third-order valence-corrected chi connectivity index (χ3v) is 5.90. The first kappa shape index (κ1) is 20.6. The zero-order valence-electron chi connectivity index (χ0n) is 17.6. The molecule has 1 aromatic carbocycles. The van der Waals surface area contributed by atoms with Crippen LogP contribution in [0, 0.1) is 0 Å². The van der Waals surface area contributed by atoms with E-state index in [9.17, 15) is 4.79 Å². The number of carbonyl (C=O) groups is 1. The molecule has 0 N–H and O–H groups in total. The fraction of sp³-hybridized carbons (Fsp3) is 0.417. The van der Waals surface area contributed by atoms with Gasteiger partial charge in [0.05, 0.1) is 6.54 Å². The monoisotopic (exact) mass is 405 g/mol. The Labute approximate surface area is 179 Å². The molecule has 0 saturated carbocycles. The minimum Gasteiger partial charge on any atom is -0.353 e. The Bertz CT molecular complexity index is 810. The van der Waals surface area contributed by atoms with E-state index in [1.165, 1.54) is 5.56 Å². The highest BCUT2D eigenvalue weighted by molar-refractivity contribution is 5.78. The van der Waals surface area contributed by atoms with E-state index >= 15 is 0 Å². The summed E-state index contributed by atoms with van der Waals surface area (Å²) in [5, 5.41) is 0. The van der Waals surface area contributed by atoms with E-state index < -0.39 is 0 Å². The number of amides is 1. The highest BCUT2D eigenvalue weighted by Gasteiger charge is 2.24. The van der Waals surface area contributed by atoms with E-state index in [2.05, 4.69) is 56.1 Å². The van der Waals surface area contributed by atoms with Crippen LogP contribution in [-0.2, 0) is 4.79 Å². The van der Waals surface area contributed by atoms with Gasteiger partial charge in [-0.1, -0.05) is 48.6 Å². The normalized spacial score (nSPS) is 18.8. The molecule has 3 heterocycles. The van der Waals surface area contributed by atoms with Crippen molar-refractivity contribution < 1.29 is 4.79 Å². The molecule has 1 aromatic heterocycles. The van der Waals surface area contributed by atoms with Crippen LogP contribution >= 0.6 is 0 Å². The van der Waals surface area contributed by atoms with Gasteiger partial charge in [0.15, 0.2) is 0 Å². The zero-order chi connectivity index (χ0) is 20.6. The van der Waals surface area contributed by atoms with Crippen LogP contribution in [0.3, 0.4) is 0 Å². The van der Waals surface area contributed by atoms with E-state index in [0.717, 1.165) is 64.7 Å². The third-order valence-electron chi connectivity index (χ3n) is 5.90. The summed E-state index contributed by atoms with van der Waals surface area (Å²) in [5.74, 6) is 1.26. The number of nitrogens with zero attached hydrogens (tertiary/aromatic N) is 5. The van der Waals surface area contributed by atoms with Gasteiger partial charge in [0.2, 0.25) is 5.91 Å². The van der Waals surface area contributed by atoms with Crippen LogP contribution in [0.1, 0.15) is 5.56 Å².